The van der Waals surface area contributed by atoms with Gasteiger partial charge < -0.3 is 9.52 Å². The van der Waals surface area contributed by atoms with Crippen LogP contribution in [-0.2, 0) is 15.3 Å². The van der Waals surface area contributed by atoms with Gasteiger partial charge in [0.15, 0.2) is 9.84 Å². The molecule has 114 valence electrons. The van der Waals surface area contributed by atoms with Crippen molar-refractivity contribution in [3.8, 4) is 5.75 Å². The molecule has 1 atom stereocenters. The van der Waals surface area contributed by atoms with Crippen molar-refractivity contribution in [3.63, 3.8) is 0 Å². The van der Waals surface area contributed by atoms with Crippen molar-refractivity contribution in [2.24, 2.45) is 0 Å². The molecule has 0 saturated heterocycles. The first-order chi connectivity index (χ1) is 9.62. The molecule has 1 aromatic heterocycles. The molecule has 0 aliphatic heterocycles. The van der Waals surface area contributed by atoms with Crippen molar-refractivity contribution in [2.45, 2.75) is 43.3 Å². The summed E-state index contributed by atoms with van der Waals surface area (Å²) in [5.41, 5.74) is -0.236. The second kappa shape index (κ2) is 5.18. The Balaban J connectivity index is 2.39. The monoisotopic (exact) mass is 309 g/mol. The van der Waals surface area contributed by atoms with Crippen LogP contribution in [0.5, 0.6) is 5.75 Å². The van der Waals surface area contributed by atoms with Crippen LogP contribution in [0.2, 0.25) is 0 Å². The fourth-order valence-corrected chi connectivity index (χ4v) is 3.16. The van der Waals surface area contributed by atoms with E-state index in [1.54, 1.807) is 6.20 Å². The lowest BCUT2D eigenvalue weighted by atomic mass is 9.94. The number of phenolic OH excluding ortho intramolecular Hbond substituents is 1. The third kappa shape index (κ3) is 3.10. The van der Waals surface area contributed by atoms with Gasteiger partial charge in [-0.05, 0) is 25.1 Å². The number of phenols is 1. The van der Waals surface area contributed by atoms with Crippen molar-refractivity contribution in [1.82, 2.24) is 4.98 Å². The van der Waals surface area contributed by atoms with E-state index in [2.05, 4.69) is 4.98 Å². The van der Waals surface area contributed by atoms with Gasteiger partial charge in [0.2, 0.25) is 5.89 Å². The molecule has 0 fully saturated rings. The van der Waals surface area contributed by atoms with Gasteiger partial charge in [0.25, 0.3) is 0 Å². The molecule has 1 aromatic carbocycles. The Kier molecular flexibility index (Phi) is 3.84. The minimum atomic E-state index is -3.66. The number of aromatic nitrogens is 1. The Morgan fingerprint density at radius 1 is 1.29 bits per heavy atom. The van der Waals surface area contributed by atoms with Crippen molar-refractivity contribution in [2.75, 3.05) is 0 Å². The topological polar surface area (TPSA) is 80.4 Å². The van der Waals surface area contributed by atoms with E-state index in [4.69, 9.17) is 4.42 Å². The van der Waals surface area contributed by atoms with Gasteiger partial charge in [-0.1, -0.05) is 26.8 Å². The molecule has 0 amide bonds. The summed E-state index contributed by atoms with van der Waals surface area (Å²) in [4.78, 5) is 4.14. The van der Waals surface area contributed by atoms with Crippen LogP contribution in [-0.4, -0.2) is 18.5 Å². The average Bonchev–Trinajstić information content (AvgIpc) is 2.87. The van der Waals surface area contributed by atoms with Crippen molar-refractivity contribution < 1.29 is 17.9 Å². The first-order valence-electron chi connectivity index (χ1n) is 6.61. The van der Waals surface area contributed by atoms with Gasteiger partial charge in [-0.2, -0.15) is 0 Å². The molecule has 0 aliphatic carbocycles. The van der Waals surface area contributed by atoms with Gasteiger partial charge in [0.05, 0.1) is 11.1 Å². The summed E-state index contributed by atoms with van der Waals surface area (Å²) in [5, 5.41) is 8.52. The molecule has 2 rings (SSSR count). The molecule has 1 heterocycles. The molecule has 0 radical (unpaired) electrons. The lowest BCUT2D eigenvalue weighted by Crippen LogP contribution is -2.12. The van der Waals surface area contributed by atoms with E-state index >= 15 is 0 Å². The normalized spacial score (nSPS) is 14.1. The van der Waals surface area contributed by atoms with Crippen molar-refractivity contribution >= 4 is 9.84 Å². The van der Waals surface area contributed by atoms with Gasteiger partial charge in [-0.15, -0.1) is 0 Å². The van der Waals surface area contributed by atoms with Gasteiger partial charge in [-0.3, -0.25) is 0 Å². The largest absolute Gasteiger partial charge is 0.508 e. The summed E-state index contributed by atoms with van der Waals surface area (Å²) in [7, 11) is -3.66. The molecule has 6 heteroatoms. The van der Waals surface area contributed by atoms with E-state index in [9.17, 15) is 13.5 Å². The Labute approximate surface area is 124 Å². The molecule has 0 spiro atoms. The van der Waals surface area contributed by atoms with Gasteiger partial charge in [-0.25, -0.2) is 13.4 Å². The Hall–Kier alpha value is -1.82. The highest BCUT2D eigenvalue weighted by atomic mass is 32.2. The minimum absolute atomic E-state index is 0.0468. The Morgan fingerprint density at radius 3 is 2.48 bits per heavy atom. The minimum Gasteiger partial charge on any atom is -0.508 e. The highest BCUT2D eigenvalue weighted by Gasteiger charge is 2.30. The first kappa shape index (κ1) is 15.6. The van der Waals surface area contributed by atoms with Crippen LogP contribution in [0, 0.1) is 0 Å². The van der Waals surface area contributed by atoms with Gasteiger partial charge in [0, 0.05) is 5.41 Å². The number of rotatable bonds is 3. The Morgan fingerprint density at radius 2 is 1.95 bits per heavy atom. The number of hydrogen-bond acceptors (Lipinski definition) is 5. The average molecular weight is 309 g/mol. The van der Waals surface area contributed by atoms with Gasteiger partial charge >= 0.3 is 0 Å². The van der Waals surface area contributed by atoms with Crippen LogP contribution in [0.4, 0.5) is 0 Å². The van der Waals surface area contributed by atoms with E-state index in [-0.39, 0.29) is 22.0 Å². The predicted molar refractivity (Wildman–Crippen MR) is 78.9 cm³/mol. The number of oxazole rings is 1. The van der Waals surface area contributed by atoms with Crippen LogP contribution in [0.15, 0.2) is 39.8 Å². The summed E-state index contributed by atoms with van der Waals surface area (Å²) in [6.07, 6.45) is 1.56. The smallest absolute Gasteiger partial charge is 0.212 e. The lowest BCUT2D eigenvalue weighted by Gasteiger charge is -2.14. The molecule has 0 saturated carbocycles. The molecule has 1 N–H and O–H groups in total. The number of hydrogen-bond donors (Lipinski definition) is 1. The van der Waals surface area contributed by atoms with Crippen LogP contribution in [0.1, 0.15) is 44.6 Å². The predicted octanol–water partition coefficient (Wildman–Crippen LogP) is 3.21. The standard InChI is InChI=1S/C15H19NO4S/c1-10(14-16-9-13(20-14)15(2,3)4)21(18,19)12-7-5-6-11(17)8-12/h5-10,17H,1-4H3. The zero-order valence-electron chi connectivity index (χ0n) is 12.5. The second-order valence-corrected chi connectivity index (χ2v) is 8.27. The highest BCUT2D eigenvalue weighted by Crippen LogP contribution is 2.32. The van der Waals surface area contributed by atoms with Crippen LogP contribution < -0.4 is 0 Å². The zero-order valence-corrected chi connectivity index (χ0v) is 13.3. The molecule has 1 unspecified atom stereocenters. The third-order valence-corrected chi connectivity index (χ3v) is 5.27. The Bertz CT molecular complexity index is 741. The summed E-state index contributed by atoms with van der Waals surface area (Å²) < 4.78 is 30.7. The van der Waals surface area contributed by atoms with Gasteiger partial charge in [0.1, 0.15) is 16.8 Å². The number of aromatic hydroxyl groups is 1. The molecular formula is C15H19NO4S. The SMILES string of the molecule is CC(c1ncc(C(C)(C)C)o1)S(=O)(=O)c1cccc(O)c1. The molecule has 5 nitrogen and oxygen atoms in total. The van der Waals surface area contributed by atoms with Crippen LogP contribution in [0.3, 0.4) is 0 Å². The quantitative estimate of drug-likeness (QED) is 0.941. The summed E-state index contributed by atoms with van der Waals surface area (Å²) in [6, 6.07) is 5.58. The maximum absolute atomic E-state index is 12.5. The second-order valence-electron chi connectivity index (χ2n) is 6.00. The van der Waals surface area contributed by atoms with E-state index in [0.717, 1.165) is 0 Å². The first-order valence-corrected chi connectivity index (χ1v) is 8.16. The maximum Gasteiger partial charge on any atom is 0.212 e. The van der Waals surface area contributed by atoms with E-state index < -0.39 is 15.1 Å². The lowest BCUT2D eigenvalue weighted by molar-refractivity contribution is 0.380. The highest BCUT2D eigenvalue weighted by molar-refractivity contribution is 7.91. The maximum atomic E-state index is 12.5. The summed E-state index contributed by atoms with van der Waals surface area (Å²) >= 11 is 0. The zero-order chi connectivity index (χ0) is 15.8. The van der Waals surface area contributed by atoms with E-state index in [1.807, 2.05) is 20.8 Å². The summed E-state index contributed by atoms with van der Waals surface area (Å²) in [6.45, 7) is 7.42. The summed E-state index contributed by atoms with van der Waals surface area (Å²) in [5.74, 6) is 0.699. The van der Waals surface area contributed by atoms with Crippen LogP contribution >= 0.6 is 0 Å². The van der Waals surface area contributed by atoms with E-state index in [0.29, 0.717) is 5.76 Å². The van der Waals surface area contributed by atoms with Crippen LogP contribution in [0.25, 0.3) is 0 Å². The molecule has 0 bridgehead atoms. The number of nitrogens with zero attached hydrogens (tertiary/aromatic N) is 1. The molecule has 21 heavy (non-hydrogen) atoms. The number of sulfone groups is 1. The molecular weight excluding hydrogens is 290 g/mol. The molecule has 2 aromatic rings. The fraction of sp³-hybridized carbons (Fsp3) is 0.400. The van der Waals surface area contributed by atoms with Crippen molar-refractivity contribution in [1.29, 1.82) is 0 Å². The fourth-order valence-electron chi connectivity index (χ4n) is 1.82. The number of benzene rings is 1. The third-order valence-electron chi connectivity index (χ3n) is 3.22. The molecule has 0 aliphatic rings. The van der Waals surface area contributed by atoms with Crippen molar-refractivity contribution in [3.05, 3.63) is 42.1 Å². The van der Waals surface area contributed by atoms with E-state index in [1.165, 1.54) is 31.2 Å².